The fourth-order valence-electron chi connectivity index (χ4n) is 4.76. The minimum absolute atomic E-state index is 0.0906. The molecule has 2 aromatic heterocycles. The maximum absolute atomic E-state index is 12.2. The first-order valence-corrected chi connectivity index (χ1v) is 10.6. The molecule has 1 amide bonds. The van der Waals surface area contributed by atoms with Crippen LogP contribution in [0.25, 0.3) is 10.6 Å². The van der Waals surface area contributed by atoms with E-state index in [1.165, 1.54) is 9.75 Å². The second-order valence-corrected chi connectivity index (χ2v) is 9.16. The molecule has 2 saturated heterocycles. The number of aromatic nitrogens is 2. The Kier molecular flexibility index (Phi) is 5.25. The lowest BCUT2D eigenvalue weighted by atomic mass is 9.77. The first-order valence-electron chi connectivity index (χ1n) is 9.79. The molecule has 4 heterocycles. The summed E-state index contributed by atoms with van der Waals surface area (Å²) in [5.41, 5.74) is 0.938. The Morgan fingerprint density at radius 2 is 2.18 bits per heavy atom. The van der Waals surface area contributed by atoms with Crippen molar-refractivity contribution in [2.75, 3.05) is 26.2 Å². The number of carboxylic acids is 1. The molecular weight excluding hydrogens is 376 g/mol. The number of rotatable bonds is 7. The average molecular weight is 403 g/mol. The summed E-state index contributed by atoms with van der Waals surface area (Å²) in [4.78, 5) is 30.3. The van der Waals surface area contributed by atoms with Crippen molar-refractivity contribution >= 4 is 23.2 Å². The summed E-state index contributed by atoms with van der Waals surface area (Å²) in [5, 5.41) is 16.2. The monoisotopic (exact) mass is 402 g/mol. The van der Waals surface area contributed by atoms with Crippen molar-refractivity contribution in [2.45, 2.75) is 32.7 Å². The van der Waals surface area contributed by atoms with E-state index in [4.69, 9.17) is 0 Å². The maximum atomic E-state index is 12.2. The molecule has 0 saturated carbocycles. The van der Waals surface area contributed by atoms with E-state index in [0.29, 0.717) is 25.3 Å². The van der Waals surface area contributed by atoms with Crippen molar-refractivity contribution in [1.29, 1.82) is 0 Å². The number of carbonyl (C=O) groups excluding carboxylic acids is 1. The Labute approximate surface area is 168 Å². The van der Waals surface area contributed by atoms with Gasteiger partial charge in [-0.3, -0.25) is 19.6 Å². The number of carbonyl (C=O) groups is 2. The normalized spacial score (nSPS) is 24.6. The van der Waals surface area contributed by atoms with Crippen LogP contribution in [0, 0.1) is 11.3 Å². The van der Waals surface area contributed by atoms with Gasteiger partial charge in [-0.05, 0) is 30.5 Å². The van der Waals surface area contributed by atoms with Gasteiger partial charge >= 0.3 is 5.97 Å². The topological polar surface area (TPSA) is 89.5 Å². The number of hydrogen-bond acceptors (Lipinski definition) is 5. The summed E-state index contributed by atoms with van der Waals surface area (Å²) in [7, 11) is 0. The molecule has 2 aliphatic rings. The van der Waals surface area contributed by atoms with Gasteiger partial charge in [-0.1, -0.05) is 6.92 Å². The van der Waals surface area contributed by atoms with E-state index in [1.807, 2.05) is 17.9 Å². The van der Waals surface area contributed by atoms with E-state index in [-0.39, 0.29) is 17.7 Å². The molecule has 150 valence electrons. The summed E-state index contributed by atoms with van der Waals surface area (Å²) >= 11 is 1.76. The van der Waals surface area contributed by atoms with Crippen molar-refractivity contribution in [3.05, 3.63) is 29.3 Å². The molecule has 0 bridgehead atoms. The molecule has 0 unspecified atom stereocenters. The maximum Gasteiger partial charge on any atom is 0.303 e. The first kappa shape index (κ1) is 19.1. The van der Waals surface area contributed by atoms with Crippen LogP contribution in [-0.2, 0) is 16.1 Å². The van der Waals surface area contributed by atoms with Gasteiger partial charge in [0.25, 0.3) is 0 Å². The molecule has 0 spiro atoms. The fraction of sp³-hybridized carbons (Fsp3) is 0.550. The third-order valence-electron chi connectivity index (χ3n) is 6.13. The lowest BCUT2D eigenvalue weighted by molar-refractivity contribution is -0.137. The SMILES string of the molecule is CCC(=O)N1C[C@@H]2CN(Cc3ccc(-c4ccn[nH]4)s3)C[C@]2(CCC(=O)O)C1. The number of likely N-dealkylation sites (tertiary alicyclic amines) is 2. The minimum atomic E-state index is -0.755. The highest BCUT2D eigenvalue weighted by Crippen LogP contribution is 2.46. The minimum Gasteiger partial charge on any atom is -0.481 e. The zero-order chi connectivity index (χ0) is 19.7. The second kappa shape index (κ2) is 7.67. The number of nitrogens with one attached hydrogen (secondary N) is 1. The highest BCUT2D eigenvalue weighted by atomic mass is 32.1. The van der Waals surface area contributed by atoms with Crippen LogP contribution in [0.4, 0.5) is 0 Å². The fourth-order valence-corrected chi connectivity index (χ4v) is 5.78. The van der Waals surface area contributed by atoms with Gasteiger partial charge in [0.05, 0.1) is 10.6 Å². The Hall–Kier alpha value is -2.19. The quantitative estimate of drug-likeness (QED) is 0.743. The van der Waals surface area contributed by atoms with Gasteiger partial charge in [0.1, 0.15) is 0 Å². The first-order chi connectivity index (χ1) is 13.5. The van der Waals surface area contributed by atoms with Gasteiger partial charge in [0.15, 0.2) is 0 Å². The molecule has 4 rings (SSSR count). The zero-order valence-electron chi connectivity index (χ0n) is 16.1. The van der Waals surface area contributed by atoms with Crippen LogP contribution in [-0.4, -0.2) is 63.2 Å². The van der Waals surface area contributed by atoms with E-state index in [0.717, 1.165) is 31.9 Å². The van der Waals surface area contributed by atoms with Gasteiger partial charge in [-0.25, -0.2) is 0 Å². The third kappa shape index (κ3) is 3.71. The largest absolute Gasteiger partial charge is 0.481 e. The molecule has 2 fully saturated rings. The lowest BCUT2D eigenvalue weighted by Crippen LogP contribution is -2.36. The molecule has 8 heteroatoms. The average Bonchev–Trinajstić information content (AvgIpc) is 3.42. The summed E-state index contributed by atoms with van der Waals surface area (Å²) in [6.45, 7) is 5.98. The van der Waals surface area contributed by atoms with Crippen LogP contribution in [0.1, 0.15) is 31.1 Å². The van der Waals surface area contributed by atoms with Crippen molar-refractivity contribution in [1.82, 2.24) is 20.0 Å². The Morgan fingerprint density at radius 3 is 2.89 bits per heavy atom. The van der Waals surface area contributed by atoms with E-state index >= 15 is 0 Å². The molecule has 2 aliphatic heterocycles. The second-order valence-electron chi connectivity index (χ2n) is 7.99. The summed E-state index contributed by atoms with van der Waals surface area (Å²) in [6, 6.07) is 6.24. The molecule has 2 N–H and O–H groups in total. The lowest BCUT2D eigenvalue weighted by Gasteiger charge is -2.29. The number of thiophene rings is 1. The van der Waals surface area contributed by atoms with Gasteiger partial charge in [0.2, 0.25) is 5.91 Å². The number of carboxylic acid groups (broad SMARTS) is 1. The smallest absolute Gasteiger partial charge is 0.303 e. The Morgan fingerprint density at radius 1 is 1.32 bits per heavy atom. The van der Waals surface area contributed by atoms with Gasteiger partial charge < -0.3 is 10.0 Å². The molecule has 2 atom stereocenters. The molecule has 28 heavy (non-hydrogen) atoms. The van der Waals surface area contributed by atoms with E-state index < -0.39 is 5.97 Å². The van der Waals surface area contributed by atoms with Crippen LogP contribution < -0.4 is 0 Å². The summed E-state index contributed by atoms with van der Waals surface area (Å²) in [6.07, 6.45) is 3.07. The highest BCUT2D eigenvalue weighted by molar-refractivity contribution is 7.15. The Balaban J connectivity index is 1.45. The van der Waals surface area contributed by atoms with E-state index in [9.17, 15) is 14.7 Å². The molecule has 0 radical (unpaired) electrons. The van der Waals surface area contributed by atoms with Crippen molar-refractivity contribution in [3.8, 4) is 10.6 Å². The van der Waals surface area contributed by atoms with Gasteiger partial charge in [-0.2, -0.15) is 5.10 Å². The molecule has 0 aromatic carbocycles. The molecule has 7 nitrogen and oxygen atoms in total. The molecule has 0 aliphatic carbocycles. The predicted molar refractivity (Wildman–Crippen MR) is 107 cm³/mol. The highest BCUT2D eigenvalue weighted by Gasteiger charge is 2.52. The standard InChI is InChI=1S/C20H26N4O3S/c1-2-18(25)24-10-14-9-23(12-20(14,13-24)7-5-19(26)27)11-15-3-4-17(28-15)16-6-8-21-22-16/h3-4,6,8,14H,2,5,7,9-13H2,1H3,(H,21,22)(H,26,27)/t14-,20+/m0/s1. The number of hydrogen-bond donors (Lipinski definition) is 2. The Bertz CT molecular complexity index is 850. The van der Waals surface area contributed by atoms with Crippen molar-refractivity contribution in [3.63, 3.8) is 0 Å². The summed E-state index contributed by atoms with van der Waals surface area (Å²) < 4.78 is 0. The van der Waals surface area contributed by atoms with Crippen LogP contribution in [0.15, 0.2) is 24.4 Å². The summed E-state index contributed by atoms with van der Waals surface area (Å²) in [5.74, 6) is -0.221. The number of nitrogens with zero attached hydrogens (tertiary/aromatic N) is 3. The van der Waals surface area contributed by atoms with Crippen LogP contribution in [0.3, 0.4) is 0 Å². The molecule has 2 aromatic rings. The number of aliphatic carboxylic acids is 1. The number of amides is 1. The number of aromatic amines is 1. The number of fused-ring (bicyclic) bond motifs is 1. The van der Waals surface area contributed by atoms with Crippen LogP contribution >= 0.6 is 11.3 Å². The van der Waals surface area contributed by atoms with Crippen LogP contribution in [0.2, 0.25) is 0 Å². The molecular formula is C20H26N4O3S. The van der Waals surface area contributed by atoms with Crippen molar-refractivity contribution < 1.29 is 14.7 Å². The van der Waals surface area contributed by atoms with Crippen molar-refractivity contribution in [2.24, 2.45) is 11.3 Å². The van der Waals surface area contributed by atoms with Gasteiger partial charge in [-0.15, -0.1) is 11.3 Å². The van der Waals surface area contributed by atoms with Gasteiger partial charge in [0, 0.05) is 62.1 Å². The number of H-pyrrole nitrogens is 1. The predicted octanol–water partition coefficient (Wildman–Crippen LogP) is 2.67. The van der Waals surface area contributed by atoms with E-state index in [2.05, 4.69) is 27.2 Å². The zero-order valence-corrected chi connectivity index (χ0v) is 16.9. The van der Waals surface area contributed by atoms with Crippen LogP contribution in [0.5, 0.6) is 0 Å². The van der Waals surface area contributed by atoms with E-state index in [1.54, 1.807) is 17.5 Å². The third-order valence-corrected chi connectivity index (χ3v) is 7.23.